The first-order valence-electron chi connectivity index (χ1n) is 10.3. The minimum absolute atomic E-state index is 0.0109. The zero-order valence-corrected chi connectivity index (χ0v) is 18.1. The van der Waals surface area contributed by atoms with Gasteiger partial charge in [-0.3, -0.25) is 14.4 Å². The molecule has 162 valence electrons. The predicted octanol–water partition coefficient (Wildman–Crippen LogP) is 1.49. The molecule has 3 aliphatic heterocycles. The van der Waals surface area contributed by atoms with Crippen LogP contribution in [0.1, 0.15) is 36.5 Å². The highest BCUT2D eigenvalue weighted by Crippen LogP contribution is 2.36. The Hall–Kier alpha value is -2.42. The van der Waals surface area contributed by atoms with E-state index in [1.165, 1.54) is 0 Å². The summed E-state index contributed by atoms with van der Waals surface area (Å²) in [5.74, 6) is 2.58. The molecule has 1 aromatic carbocycles. The number of benzene rings is 1. The molecule has 4 rings (SSSR count). The Morgan fingerprint density at radius 2 is 2.00 bits per heavy atom. The van der Waals surface area contributed by atoms with E-state index in [2.05, 4.69) is 5.32 Å². The van der Waals surface area contributed by atoms with Gasteiger partial charge in [-0.1, -0.05) is 0 Å². The van der Waals surface area contributed by atoms with E-state index in [-0.39, 0.29) is 24.1 Å². The number of hydrogen-bond acceptors (Lipinski definition) is 6. The lowest BCUT2D eigenvalue weighted by molar-refractivity contribution is -0.144. The van der Waals surface area contributed by atoms with Gasteiger partial charge in [0.05, 0.1) is 12.7 Å². The number of thioether (sulfide) groups is 1. The smallest absolute Gasteiger partial charge is 0.258 e. The predicted molar refractivity (Wildman–Crippen MR) is 113 cm³/mol. The summed E-state index contributed by atoms with van der Waals surface area (Å²) in [5, 5.41) is 2.96. The summed E-state index contributed by atoms with van der Waals surface area (Å²) in [7, 11) is 1.56. The molecule has 1 N–H and O–H groups in total. The van der Waals surface area contributed by atoms with Gasteiger partial charge in [-0.25, -0.2) is 0 Å². The fraction of sp³-hybridized carbons (Fsp3) is 0.571. The largest absolute Gasteiger partial charge is 0.497 e. The van der Waals surface area contributed by atoms with E-state index in [9.17, 15) is 14.4 Å². The second-order valence-corrected chi connectivity index (χ2v) is 9.09. The van der Waals surface area contributed by atoms with Crippen molar-refractivity contribution in [2.45, 2.75) is 38.0 Å². The first kappa shape index (κ1) is 20.8. The molecule has 0 bridgehead atoms. The molecule has 2 fully saturated rings. The number of nitrogens with zero attached hydrogens (tertiary/aromatic N) is 2. The lowest BCUT2D eigenvalue weighted by Gasteiger charge is -2.39. The topological polar surface area (TPSA) is 88.2 Å². The monoisotopic (exact) mass is 433 g/mol. The molecule has 30 heavy (non-hydrogen) atoms. The molecular formula is C21H27N3O5S. The maximum absolute atomic E-state index is 12.9. The molecule has 0 aromatic heterocycles. The van der Waals surface area contributed by atoms with Crippen LogP contribution >= 0.6 is 11.8 Å². The third-order valence-corrected chi connectivity index (χ3v) is 6.99. The zero-order valence-electron chi connectivity index (χ0n) is 17.3. The van der Waals surface area contributed by atoms with Crippen LogP contribution in [0.4, 0.5) is 0 Å². The normalized spacial score (nSPS) is 25.1. The van der Waals surface area contributed by atoms with Crippen LogP contribution in [0, 0.1) is 0 Å². The standard InChI is InChI=1S/C21H27N3O5S/c1-14(20(27)23-9-11-30-12-10-23)24-8-7-21(6-5-18(24)25)22-19(26)16-4-3-15(28-2)13-17(16)29-21/h3-4,13-14H,5-12H2,1-2H3,(H,22,26). The summed E-state index contributed by atoms with van der Waals surface area (Å²) in [6.45, 7) is 3.57. The van der Waals surface area contributed by atoms with Crippen LogP contribution in [0.2, 0.25) is 0 Å². The Kier molecular flexibility index (Phi) is 5.81. The van der Waals surface area contributed by atoms with Gasteiger partial charge in [-0.05, 0) is 19.1 Å². The van der Waals surface area contributed by atoms with E-state index in [1.807, 2.05) is 16.7 Å². The average molecular weight is 434 g/mol. The third-order valence-electron chi connectivity index (χ3n) is 6.05. The van der Waals surface area contributed by atoms with Gasteiger partial charge in [0.1, 0.15) is 17.5 Å². The van der Waals surface area contributed by atoms with Gasteiger partial charge in [-0.2, -0.15) is 11.8 Å². The van der Waals surface area contributed by atoms with E-state index in [1.54, 1.807) is 37.1 Å². The number of rotatable bonds is 3. The van der Waals surface area contributed by atoms with Gasteiger partial charge < -0.3 is 24.6 Å². The Morgan fingerprint density at radius 1 is 1.23 bits per heavy atom. The second kappa shape index (κ2) is 8.37. The molecule has 2 unspecified atom stereocenters. The molecule has 2 atom stereocenters. The summed E-state index contributed by atoms with van der Waals surface area (Å²) in [4.78, 5) is 41.9. The van der Waals surface area contributed by atoms with Crippen LogP contribution in [-0.4, -0.2) is 77.5 Å². The summed E-state index contributed by atoms with van der Waals surface area (Å²) in [6.07, 6.45) is 0.966. The van der Waals surface area contributed by atoms with Crippen LogP contribution in [0.25, 0.3) is 0 Å². The van der Waals surface area contributed by atoms with Crippen molar-refractivity contribution in [1.82, 2.24) is 15.1 Å². The fourth-order valence-corrected chi connectivity index (χ4v) is 5.14. The first-order chi connectivity index (χ1) is 14.4. The van der Waals surface area contributed by atoms with Crippen LogP contribution in [-0.2, 0) is 9.59 Å². The van der Waals surface area contributed by atoms with Crippen LogP contribution in [0.5, 0.6) is 11.5 Å². The molecule has 3 aliphatic rings. The van der Waals surface area contributed by atoms with Crippen LogP contribution in [0.15, 0.2) is 18.2 Å². The lowest BCUT2D eigenvalue weighted by atomic mass is 10.00. The van der Waals surface area contributed by atoms with E-state index in [4.69, 9.17) is 9.47 Å². The Labute approximate surface area is 180 Å². The minimum Gasteiger partial charge on any atom is -0.497 e. The Balaban J connectivity index is 1.50. The summed E-state index contributed by atoms with van der Waals surface area (Å²) < 4.78 is 11.5. The fourth-order valence-electron chi connectivity index (χ4n) is 4.23. The van der Waals surface area contributed by atoms with E-state index in [0.29, 0.717) is 36.4 Å². The molecule has 8 nitrogen and oxygen atoms in total. The zero-order chi connectivity index (χ0) is 21.3. The molecule has 9 heteroatoms. The molecular weight excluding hydrogens is 406 g/mol. The van der Waals surface area contributed by atoms with E-state index < -0.39 is 11.8 Å². The number of carbonyl (C=O) groups is 3. The minimum atomic E-state index is -0.967. The van der Waals surface area contributed by atoms with Crippen molar-refractivity contribution in [1.29, 1.82) is 0 Å². The highest BCUT2D eigenvalue weighted by atomic mass is 32.2. The van der Waals surface area contributed by atoms with Gasteiger partial charge in [0.15, 0.2) is 5.72 Å². The number of fused-ring (bicyclic) bond motifs is 1. The molecule has 0 aliphatic carbocycles. The number of likely N-dealkylation sites (tertiary alicyclic amines) is 1. The molecule has 3 amide bonds. The van der Waals surface area contributed by atoms with Crippen molar-refractivity contribution in [2.75, 3.05) is 38.2 Å². The average Bonchev–Trinajstić information content (AvgIpc) is 2.92. The molecule has 3 heterocycles. The maximum atomic E-state index is 12.9. The van der Waals surface area contributed by atoms with Crippen molar-refractivity contribution >= 4 is 29.5 Å². The molecule has 1 spiro atoms. The Bertz CT molecular complexity index is 857. The number of nitrogens with one attached hydrogen (secondary N) is 1. The molecule has 0 saturated carbocycles. The lowest BCUT2D eigenvalue weighted by Crippen LogP contribution is -2.56. The molecule has 1 aromatic rings. The van der Waals surface area contributed by atoms with Crippen molar-refractivity contribution in [3.05, 3.63) is 23.8 Å². The molecule has 0 radical (unpaired) electrons. The first-order valence-corrected chi connectivity index (χ1v) is 11.4. The van der Waals surface area contributed by atoms with Gasteiger partial charge >= 0.3 is 0 Å². The van der Waals surface area contributed by atoms with Crippen molar-refractivity contribution < 1.29 is 23.9 Å². The second-order valence-electron chi connectivity index (χ2n) is 7.86. The summed E-state index contributed by atoms with van der Waals surface area (Å²) in [5.41, 5.74) is -0.522. The van der Waals surface area contributed by atoms with Crippen molar-refractivity contribution in [3.63, 3.8) is 0 Å². The van der Waals surface area contributed by atoms with Crippen LogP contribution in [0.3, 0.4) is 0 Å². The number of ether oxygens (including phenoxy) is 2. The number of methoxy groups -OCH3 is 1. The highest BCUT2D eigenvalue weighted by Gasteiger charge is 2.44. The van der Waals surface area contributed by atoms with Crippen molar-refractivity contribution in [3.8, 4) is 11.5 Å². The number of carbonyl (C=O) groups excluding carboxylic acids is 3. The highest BCUT2D eigenvalue weighted by molar-refractivity contribution is 7.99. The number of amides is 3. The summed E-state index contributed by atoms with van der Waals surface area (Å²) >= 11 is 1.84. The van der Waals surface area contributed by atoms with E-state index in [0.717, 1.165) is 24.6 Å². The van der Waals surface area contributed by atoms with Gasteiger partial charge in [0.2, 0.25) is 11.8 Å². The molecule has 2 saturated heterocycles. The SMILES string of the molecule is COc1ccc2c(c1)OC1(CCC(=O)N(C(C)C(=O)N3CCSCC3)CC1)NC2=O. The maximum Gasteiger partial charge on any atom is 0.258 e. The van der Waals surface area contributed by atoms with Gasteiger partial charge in [0, 0.05) is 56.5 Å². The van der Waals surface area contributed by atoms with Crippen molar-refractivity contribution in [2.24, 2.45) is 0 Å². The quantitative estimate of drug-likeness (QED) is 0.777. The Morgan fingerprint density at radius 3 is 2.73 bits per heavy atom. The number of hydrogen-bond donors (Lipinski definition) is 1. The van der Waals surface area contributed by atoms with Gasteiger partial charge in [-0.15, -0.1) is 0 Å². The third kappa shape index (κ3) is 3.95. The van der Waals surface area contributed by atoms with Gasteiger partial charge in [0.25, 0.3) is 5.91 Å². The van der Waals surface area contributed by atoms with E-state index >= 15 is 0 Å². The summed E-state index contributed by atoms with van der Waals surface area (Å²) in [6, 6.07) is 4.55. The van der Waals surface area contributed by atoms with Crippen LogP contribution < -0.4 is 14.8 Å².